The number of hydrogen-bond donors (Lipinski definition) is 0. The van der Waals surface area contributed by atoms with E-state index in [4.69, 9.17) is 9.47 Å². The van der Waals surface area contributed by atoms with Crippen LogP contribution in [0.5, 0.6) is 11.5 Å². The number of amides is 2. The lowest BCUT2D eigenvalue weighted by Crippen LogP contribution is -2.57. The fourth-order valence-corrected chi connectivity index (χ4v) is 6.56. The highest BCUT2D eigenvalue weighted by molar-refractivity contribution is 7.10. The Morgan fingerprint density at radius 3 is 2.39 bits per heavy atom. The molecular weight excluding hydrogens is 498 g/mol. The molecule has 1 fully saturated rings. The summed E-state index contributed by atoms with van der Waals surface area (Å²) in [7, 11) is 3.14. The second kappa shape index (κ2) is 11.2. The number of carbonyl (C=O) groups excluding carboxylic acids is 2. The maximum Gasteiger partial charge on any atom is 0.254 e. The Hall–Kier alpha value is -3.36. The van der Waals surface area contributed by atoms with Crippen LogP contribution in [-0.2, 0) is 11.2 Å². The van der Waals surface area contributed by atoms with Gasteiger partial charge in [-0.2, -0.15) is 0 Å². The number of aryl methyl sites for hydroxylation is 1. The number of rotatable bonds is 6. The molecule has 0 bridgehead atoms. The van der Waals surface area contributed by atoms with Gasteiger partial charge in [0.2, 0.25) is 5.91 Å². The van der Waals surface area contributed by atoms with Gasteiger partial charge in [-0.25, -0.2) is 0 Å². The maximum atomic E-state index is 13.6. The topological polar surface area (TPSA) is 62.3 Å². The van der Waals surface area contributed by atoms with E-state index in [1.807, 2.05) is 28.1 Å². The predicted octanol–water partition coefficient (Wildman–Crippen LogP) is 4.39. The zero-order valence-electron chi connectivity index (χ0n) is 22.5. The highest BCUT2D eigenvalue weighted by Crippen LogP contribution is 2.38. The van der Waals surface area contributed by atoms with E-state index in [0.717, 1.165) is 13.0 Å². The molecule has 200 valence electrons. The number of methoxy groups -OCH3 is 2. The summed E-state index contributed by atoms with van der Waals surface area (Å²) < 4.78 is 10.7. The Bertz CT molecular complexity index is 1300. The van der Waals surface area contributed by atoms with Gasteiger partial charge < -0.3 is 19.3 Å². The maximum absolute atomic E-state index is 13.6. The second-order valence-electron chi connectivity index (χ2n) is 10.1. The van der Waals surface area contributed by atoms with Crippen LogP contribution >= 0.6 is 11.3 Å². The van der Waals surface area contributed by atoms with Crippen LogP contribution in [0.1, 0.15) is 44.9 Å². The number of benzene rings is 2. The van der Waals surface area contributed by atoms with Crippen molar-refractivity contribution in [2.24, 2.45) is 0 Å². The third-order valence-corrected chi connectivity index (χ3v) is 8.72. The van der Waals surface area contributed by atoms with E-state index < -0.39 is 0 Å². The zero-order valence-corrected chi connectivity index (χ0v) is 23.3. The molecule has 2 atom stereocenters. The monoisotopic (exact) mass is 533 g/mol. The number of fused-ring (bicyclic) bond motifs is 1. The molecule has 0 radical (unpaired) electrons. The molecule has 5 rings (SSSR count). The highest BCUT2D eigenvalue weighted by atomic mass is 32.1. The van der Waals surface area contributed by atoms with E-state index in [-0.39, 0.29) is 23.9 Å². The van der Waals surface area contributed by atoms with Crippen molar-refractivity contribution in [2.75, 3.05) is 46.9 Å². The number of piperazine rings is 1. The van der Waals surface area contributed by atoms with Crippen LogP contribution < -0.4 is 9.47 Å². The minimum atomic E-state index is -0.102. The van der Waals surface area contributed by atoms with Crippen LogP contribution in [0.4, 0.5) is 0 Å². The van der Waals surface area contributed by atoms with Crippen molar-refractivity contribution in [3.8, 4) is 11.5 Å². The van der Waals surface area contributed by atoms with E-state index in [2.05, 4.69) is 47.5 Å². The van der Waals surface area contributed by atoms with Crippen LogP contribution in [0.25, 0.3) is 0 Å². The van der Waals surface area contributed by atoms with Gasteiger partial charge in [-0.1, -0.05) is 24.3 Å². The van der Waals surface area contributed by atoms with Gasteiger partial charge in [-0.3, -0.25) is 14.5 Å². The van der Waals surface area contributed by atoms with Crippen molar-refractivity contribution in [1.82, 2.24) is 14.7 Å². The average molecular weight is 534 g/mol. The molecule has 2 aliphatic rings. The normalized spacial score (nSPS) is 19.7. The van der Waals surface area contributed by atoms with Gasteiger partial charge in [-0.15, -0.1) is 11.3 Å². The third-order valence-electron chi connectivity index (χ3n) is 7.73. The zero-order chi connectivity index (χ0) is 26.8. The smallest absolute Gasteiger partial charge is 0.254 e. The molecule has 38 heavy (non-hydrogen) atoms. The Labute approximate surface area is 228 Å². The van der Waals surface area contributed by atoms with E-state index in [1.54, 1.807) is 32.4 Å². The molecule has 2 amide bonds. The van der Waals surface area contributed by atoms with Crippen LogP contribution in [0.2, 0.25) is 0 Å². The number of ether oxygens (including phenoxy) is 2. The van der Waals surface area contributed by atoms with Gasteiger partial charge in [0.05, 0.1) is 26.8 Å². The Balaban J connectivity index is 1.28. The molecule has 0 N–H and O–H groups in total. The van der Waals surface area contributed by atoms with Crippen molar-refractivity contribution >= 4 is 23.2 Å². The minimum Gasteiger partial charge on any atom is -0.497 e. The summed E-state index contributed by atoms with van der Waals surface area (Å²) in [5.74, 6) is 1.19. The summed E-state index contributed by atoms with van der Waals surface area (Å²) in [6.07, 6.45) is 0.964. The van der Waals surface area contributed by atoms with Crippen molar-refractivity contribution in [1.29, 1.82) is 0 Å². The van der Waals surface area contributed by atoms with Crippen LogP contribution in [0.15, 0.2) is 53.9 Å². The molecule has 0 aliphatic carbocycles. The standard InChI is InChI=1S/C30H35N3O4S/c1-20-7-5-6-8-25(20)29-26-10-14-38-27(26)9-11-32(29)19-28(34)31-12-13-33(21(2)18-31)30(35)22-15-23(36-3)17-24(16-22)37-4/h5-8,10,14-17,21,29H,9,11-13,18-19H2,1-4H3/t21-,29-/m1/s1. The second-order valence-corrected chi connectivity index (χ2v) is 11.1. The summed E-state index contributed by atoms with van der Waals surface area (Å²) in [5, 5.41) is 2.16. The Kier molecular flexibility index (Phi) is 7.72. The molecule has 2 aliphatic heterocycles. The van der Waals surface area contributed by atoms with Crippen LogP contribution in [0.3, 0.4) is 0 Å². The summed E-state index contributed by atoms with van der Waals surface area (Å²) in [6.45, 7) is 6.88. The van der Waals surface area contributed by atoms with Gasteiger partial charge in [0.15, 0.2) is 0 Å². The fourth-order valence-electron chi connectivity index (χ4n) is 5.65. The third kappa shape index (κ3) is 5.15. The SMILES string of the molecule is COc1cc(OC)cc(C(=O)N2CCN(C(=O)CN3CCc4sccc4[C@H]3c3ccccc3C)C[C@H]2C)c1. The largest absolute Gasteiger partial charge is 0.497 e. The van der Waals surface area contributed by atoms with Crippen molar-refractivity contribution in [3.05, 3.63) is 81.0 Å². The first-order valence-corrected chi connectivity index (χ1v) is 13.9. The van der Waals surface area contributed by atoms with E-state index in [9.17, 15) is 9.59 Å². The van der Waals surface area contributed by atoms with Crippen molar-refractivity contribution < 1.29 is 19.1 Å². The molecule has 1 aromatic heterocycles. The van der Waals surface area contributed by atoms with Gasteiger partial charge in [0.1, 0.15) is 11.5 Å². The molecule has 2 aromatic carbocycles. The van der Waals surface area contributed by atoms with E-state index in [0.29, 0.717) is 43.2 Å². The predicted molar refractivity (Wildman–Crippen MR) is 149 cm³/mol. The number of thiophene rings is 1. The minimum absolute atomic E-state index is 0.0811. The fraction of sp³-hybridized carbons (Fsp3) is 0.400. The molecule has 0 spiro atoms. The molecule has 1 saturated heterocycles. The highest BCUT2D eigenvalue weighted by Gasteiger charge is 2.35. The number of nitrogens with zero attached hydrogens (tertiary/aromatic N) is 3. The Morgan fingerprint density at radius 1 is 0.974 bits per heavy atom. The summed E-state index contributed by atoms with van der Waals surface area (Å²) in [5.41, 5.74) is 4.34. The lowest BCUT2D eigenvalue weighted by Gasteiger charge is -2.42. The van der Waals surface area contributed by atoms with Gasteiger partial charge in [-0.05, 0) is 60.5 Å². The average Bonchev–Trinajstić information content (AvgIpc) is 3.41. The van der Waals surface area contributed by atoms with E-state index >= 15 is 0 Å². The van der Waals surface area contributed by atoms with Crippen molar-refractivity contribution in [2.45, 2.75) is 32.4 Å². The molecule has 0 saturated carbocycles. The molecule has 8 heteroatoms. The molecule has 3 heterocycles. The van der Waals surface area contributed by atoms with Gasteiger partial charge in [0.25, 0.3) is 5.91 Å². The van der Waals surface area contributed by atoms with Gasteiger partial charge in [0, 0.05) is 48.7 Å². The number of hydrogen-bond acceptors (Lipinski definition) is 6. The first kappa shape index (κ1) is 26.3. The van der Waals surface area contributed by atoms with Crippen molar-refractivity contribution in [3.63, 3.8) is 0 Å². The van der Waals surface area contributed by atoms with Crippen LogP contribution in [0, 0.1) is 6.92 Å². The molecule has 0 unspecified atom stereocenters. The Morgan fingerprint density at radius 2 is 1.71 bits per heavy atom. The lowest BCUT2D eigenvalue weighted by molar-refractivity contribution is -0.135. The van der Waals surface area contributed by atoms with Crippen LogP contribution in [-0.4, -0.2) is 79.5 Å². The van der Waals surface area contributed by atoms with Gasteiger partial charge >= 0.3 is 0 Å². The summed E-state index contributed by atoms with van der Waals surface area (Å²) in [6, 6.07) is 15.9. The van der Waals surface area contributed by atoms with E-state index in [1.165, 1.54) is 21.6 Å². The summed E-state index contributed by atoms with van der Waals surface area (Å²) >= 11 is 1.81. The molecule has 7 nitrogen and oxygen atoms in total. The lowest BCUT2D eigenvalue weighted by atomic mass is 9.90. The first-order chi connectivity index (χ1) is 18.4. The summed E-state index contributed by atoms with van der Waals surface area (Å²) in [4.78, 5) is 34.4. The molecular formula is C30H35N3O4S. The number of carbonyl (C=O) groups is 2. The first-order valence-electron chi connectivity index (χ1n) is 13.1. The quantitative estimate of drug-likeness (QED) is 0.470. The molecule has 3 aromatic rings.